The minimum absolute atomic E-state index is 0.0794. The van der Waals surface area contributed by atoms with E-state index in [2.05, 4.69) is 11.9 Å². The van der Waals surface area contributed by atoms with Crippen molar-refractivity contribution < 1.29 is 5.11 Å². The molecule has 86 valence electrons. The van der Waals surface area contributed by atoms with Crippen molar-refractivity contribution in [3.05, 3.63) is 34.2 Å². The van der Waals surface area contributed by atoms with E-state index in [1.807, 2.05) is 6.07 Å². The normalized spacial score (nSPS) is 33.5. The van der Waals surface area contributed by atoms with Gasteiger partial charge in [0.05, 0.1) is 0 Å². The lowest BCUT2D eigenvalue weighted by atomic mass is 9.82. The van der Waals surface area contributed by atoms with Crippen LogP contribution >= 0.6 is 0 Å². The van der Waals surface area contributed by atoms with Gasteiger partial charge >= 0.3 is 0 Å². The Morgan fingerprint density at radius 3 is 3.00 bits per heavy atom. The monoisotopic (exact) mass is 220 g/mol. The molecule has 3 rings (SSSR count). The zero-order chi connectivity index (χ0) is 11.3. The van der Waals surface area contributed by atoms with E-state index in [1.165, 1.54) is 6.07 Å². The van der Waals surface area contributed by atoms with Crippen molar-refractivity contribution in [1.29, 1.82) is 0 Å². The molecule has 0 aromatic carbocycles. The van der Waals surface area contributed by atoms with Gasteiger partial charge in [0.2, 0.25) is 0 Å². The Bertz CT molecular complexity index is 468. The Kier molecular flexibility index (Phi) is 2.16. The first kappa shape index (κ1) is 10.1. The number of piperidine rings is 1. The fourth-order valence-electron chi connectivity index (χ4n) is 3.14. The largest absolute Gasteiger partial charge is 0.373 e. The van der Waals surface area contributed by atoms with Crippen molar-refractivity contribution in [2.45, 2.75) is 18.6 Å². The maximum absolute atomic E-state index is 11.8. The van der Waals surface area contributed by atoms with E-state index in [4.69, 9.17) is 0 Å². The highest BCUT2D eigenvalue weighted by molar-refractivity contribution is 5.17. The number of hydrogen-bond donors (Lipinski definition) is 1. The third-order valence-electron chi connectivity index (χ3n) is 3.79. The number of aromatic nitrogens is 1. The van der Waals surface area contributed by atoms with Gasteiger partial charge in [0, 0.05) is 36.7 Å². The molecule has 0 unspecified atom stereocenters. The predicted molar refractivity (Wildman–Crippen MR) is 60.3 cm³/mol. The van der Waals surface area contributed by atoms with Gasteiger partial charge in [-0.1, -0.05) is 6.07 Å². The van der Waals surface area contributed by atoms with Crippen LogP contribution in [0.15, 0.2) is 23.0 Å². The van der Waals surface area contributed by atoms with Crippen LogP contribution < -0.4 is 5.56 Å². The Labute approximate surface area is 94.1 Å². The molecule has 16 heavy (non-hydrogen) atoms. The molecule has 2 aliphatic heterocycles. The van der Waals surface area contributed by atoms with Crippen molar-refractivity contribution in [1.82, 2.24) is 9.47 Å². The van der Waals surface area contributed by atoms with Gasteiger partial charge in [-0.25, -0.2) is 0 Å². The lowest BCUT2D eigenvalue weighted by Gasteiger charge is -2.43. The third-order valence-corrected chi connectivity index (χ3v) is 3.79. The molecule has 0 amide bonds. The van der Waals surface area contributed by atoms with Crippen molar-refractivity contribution in [2.75, 3.05) is 20.1 Å². The zero-order valence-corrected chi connectivity index (χ0v) is 9.34. The summed E-state index contributed by atoms with van der Waals surface area (Å²) in [4.78, 5) is 14.0. The molecule has 4 nitrogen and oxygen atoms in total. The van der Waals surface area contributed by atoms with Crippen molar-refractivity contribution >= 4 is 0 Å². The van der Waals surface area contributed by atoms with Gasteiger partial charge in [-0.3, -0.25) is 9.36 Å². The molecule has 1 fully saturated rings. The number of fused-ring (bicyclic) bond motifs is 4. The molecule has 4 heteroatoms. The number of likely N-dealkylation sites (N-methyl/N-ethyl adjacent to an activating group) is 1. The quantitative estimate of drug-likeness (QED) is 0.688. The fourth-order valence-corrected chi connectivity index (χ4v) is 3.14. The fraction of sp³-hybridized carbons (Fsp3) is 0.583. The van der Waals surface area contributed by atoms with Crippen LogP contribution in [-0.4, -0.2) is 34.7 Å². The molecule has 1 aromatic rings. The molecule has 0 saturated carbocycles. The van der Waals surface area contributed by atoms with Crippen molar-refractivity contribution in [2.24, 2.45) is 5.92 Å². The Hall–Kier alpha value is -1.13. The van der Waals surface area contributed by atoms with E-state index >= 15 is 0 Å². The van der Waals surface area contributed by atoms with Crippen molar-refractivity contribution in [3.63, 3.8) is 0 Å². The number of aliphatic hydroxyl groups excluding tert-OH is 1. The molecule has 3 heterocycles. The van der Waals surface area contributed by atoms with E-state index < -0.39 is 6.23 Å². The highest BCUT2D eigenvalue weighted by Crippen LogP contribution is 2.39. The van der Waals surface area contributed by atoms with Gasteiger partial charge in [-0.15, -0.1) is 0 Å². The first-order chi connectivity index (χ1) is 7.66. The molecular weight excluding hydrogens is 204 g/mol. The number of aliphatic hydroxyl groups is 1. The zero-order valence-electron chi connectivity index (χ0n) is 9.34. The van der Waals surface area contributed by atoms with Crippen LogP contribution in [-0.2, 0) is 0 Å². The molecule has 2 aliphatic rings. The minimum Gasteiger partial charge on any atom is -0.373 e. The van der Waals surface area contributed by atoms with Crippen LogP contribution in [0, 0.1) is 5.92 Å². The second-order valence-corrected chi connectivity index (χ2v) is 4.99. The molecule has 1 saturated heterocycles. The van der Waals surface area contributed by atoms with E-state index in [1.54, 1.807) is 10.6 Å². The van der Waals surface area contributed by atoms with Crippen LogP contribution in [0.25, 0.3) is 0 Å². The van der Waals surface area contributed by atoms with Gasteiger partial charge in [-0.05, 0) is 19.5 Å². The average Bonchev–Trinajstić information content (AvgIpc) is 2.25. The second kappa shape index (κ2) is 3.43. The Morgan fingerprint density at radius 2 is 2.19 bits per heavy atom. The van der Waals surface area contributed by atoms with Gasteiger partial charge in [0.15, 0.2) is 0 Å². The SMILES string of the molecule is CN1C[C@H]2C[C@@H](C1)[C@@H](O)n1c2cccc1=O. The number of hydrogen-bond acceptors (Lipinski definition) is 3. The van der Waals surface area contributed by atoms with Crippen LogP contribution in [0.3, 0.4) is 0 Å². The lowest BCUT2D eigenvalue weighted by molar-refractivity contribution is -0.0244. The molecule has 1 aromatic heterocycles. The standard InChI is InChI=1S/C12H16N2O2/c1-13-6-8-5-9(7-13)12(16)14-10(8)3-2-4-11(14)15/h2-4,8-9,12,16H,5-7H2,1H3/t8-,9+,12-/m1/s1. The summed E-state index contributed by atoms with van der Waals surface area (Å²) in [6, 6.07) is 5.28. The summed E-state index contributed by atoms with van der Waals surface area (Å²) in [6.45, 7) is 1.85. The molecule has 1 N–H and O–H groups in total. The summed E-state index contributed by atoms with van der Waals surface area (Å²) in [7, 11) is 2.07. The Balaban J connectivity index is 2.16. The summed E-state index contributed by atoms with van der Waals surface area (Å²) < 4.78 is 1.58. The third kappa shape index (κ3) is 1.33. The van der Waals surface area contributed by atoms with Crippen LogP contribution in [0.1, 0.15) is 24.3 Å². The molecular formula is C12H16N2O2. The van der Waals surface area contributed by atoms with Gasteiger partial charge in [0.25, 0.3) is 5.56 Å². The second-order valence-electron chi connectivity index (χ2n) is 4.99. The molecule has 0 spiro atoms. The maximum atomic E-state index is 11.8. The van der Waals surface area contributed by atoms with Crippen LogP contribution in [0.4, 0.5) is 0 Å². The average molecular weight is 220 g/mol. The number of rotatable bonds is 0. The number of nitrogens with zero attached hydrogens (tertiary/aromatic N) is 2. The summed E-state index contributed by atoms with van der Waals surface area (Å²) in [5.74, 6) is 0.581. The minimum atomic E-state index is -0.650. The first-order valence-electron chi connectivity index (χ1n) is 5.75. The molecule has 0 radical (unpaired) electrons. The summed E-state index contributed by atoms with van der Waals surface area (Å²) in [6.07, 6.45) is 0.345. The number of likely N-dealkylation sites (tertiary alicyclic amines) is 1. The number of pyridine rings is 1. The topological polar surface area (TPSA) is 45.5 Å². The molecule has 2 bridgehead atoms. The van der Waals surface area contributed by atoms with Crippen LogP contribution in [0.2, 0.25) is 0 Å². The van der Waals surface area contributed by atoms with Crippen LogP contribution in [0.5, 0.6) is 0 Å². The maximum Gasteiger partial charge on any atom is 0.252 e. The van der Waals surface area contributed by atoms with E-state index in [9.17, 15) is 9.90 Å². The predicted octanol–water partition coefficient (Wildman–Crippen LogP) is 0.388. The summed E-state index contributed by atoms with van der Waals surface area (Å²) >= 11 is 0. The van der Waals surface area contributed by atoms with Gasteiger partial charge < -0.3 is 10.0 Å². The van der Waals surface area contributed by atoms with E-state index in [0.29, 0.717) is 5.92 Å². The first-order valence-corrected chi connectivity index (χ1v) is 5.75. The summed E-state index contributed by atoms with van der Waals surface area (Å²) in [5.41, 5.74) is 0.909. The van der Waals surface area contributed by atoms with E-state index in [0.717, 1.165) is 25.2 Å². The molecule has 3 atom stereocenters. The highest BCUT2D eigenvalue weighted by Gasteiger charge is 2.38. The van der Waals surface area contributed by atoms with Crippen molar-refractivity contribution in [3.8, 4) is 0 Å². The lowest BCUT2D eigenvalue weighted by Crippen LogP contribution is -2.48. The smallest absolute Gasteiger partial charge is 0.252 e. The molecule has 0 aliphatic carbocycles. The van der Waals surface area contributed by atoms with Gasteiger partial charge in [0.1, 0.15) is 6.23 Å². The summed E-state index contributed by atoms with van der Waals surface area (Å²) in [5, 5.41) is 10.2. The van der Waals surface area contributed by atoms with Gasteiger partial charge in [-0.2, -0.15) is 0 Å². The van der Waals surface area contributed by atoms with E-state index in [-0.39, 0.29) is 11.5 Å². The Morgan fingerprint density at radius 1 is 1.38 bits per heavy atom. The highest BCUT2D eigenvalue weighted by atomic mass is 16.3.